The van der Waals surface area contributed by atoms with Gasteiger partial charge in [0, 0.05) is 24.4 Å². The summed E-state index contributed by atoms with van der Waals surface area (Å²) < 4.78 is 6.89. The molecule has 4 heteroatoms. The van der Waals surface area contributed by atoms with Gasteiger partial charge in [0.2, 0.25) is 0 Å². The summed E-state index contributed by atoms with van der Waals surface area (Å²) in [5.74, 6) is 0.892. The van der Waals surface area contributed by atoms with Crippen LogP contribution < -0.4 is 5.32 Å². The highest BCUT2D eigenvalue weighted by molar-refractivity contribution is 5.38. The van der Waals surface area contributed by atoms with E-state index in [-0.39, 0.29) is 6.04 Å². The largest absolute Gasteiger partial charge is 0.472 e. The molecule has 2 rings (SSSR count). The molecule has 0 radical (unpaired) electrons. The van der Waals surface area contributed by atoms with Gasteiger partial charge in [0.15, 0.2) is 0 Å². The lowest BCUT2D eigenvalue weighted by Gasteiger charge is -2.10. The van der Waals surface area contributed by atoms with Crippen LogP contribution in [0, 0.1) is 6.92 Å². The quantitative estimate of drug-likeness (QED) is 0.837. The van der Waals surface area contributed by atoms with Gasteiger partial charge in [0.25, 0.3) is 0 Å². The number of anilines is 1. The van der Waals surface area contributed by atoms with E-state index in [1.54, 1.807) is 12.5 Å². The van der Waals surface area contributed by atoms with Gasteiger partial charge in [-0.1, -0.05) is 0 Å². The molecular weight excluding hydrogens is 190 g/mol. The molecule has 1 unspecified atom stereocenters. The molecule has 15 heavy (non-hydrogen) atoms. The first-order valence-electron chi connectivity index (χ1n) is 4.96. The molecule has 0 bridgehead atoms. The number of nitrogens with one attached hydrogen (secondary N) is 1. The van der Waals surface area contributed by atoms with Gasteiger partial charge in [-0.05, 0) is 19.9 Å². The number of hydrogen-bond donors (Lipinski definition) is 1. The number of furan rings is 1. The van der Waals surface area contributed by atoms with Crippen LogP contribution in [0.2, 0.25) is 0 Å². The van der Waals surface area contributed by atoms with E-state index in [0.29, 0.717) is 0 Å². The Morgan fingerprint density at radius 2 is 2.33 bits per heavy atom. The Labute approximate surface area is 88.9 Å². The average molecular weight is 205 g/mol. The van der Waals surface area contributed by atoms with Crippen molar-refractivity contribution in [2.45, 2.75) is 19.9 Å². The van der Waals surface area contributed by atoms with Crippen molar-refractivity contribution in [3.8, 4) is 0 Å². The van der Waals surface area contributed by atoms with Crippen LogP contribution in [-0.2, 0) is 7.05 Å². The first kappa shape index (κ1) is 9.83. The maximum absolute atomic E-state index is 5.04. The second kappa shape index (κ2) is 3.81. The lowest BCUT2D eigenvalue weighted by Crippen LogP contribution is -2.06. The second-order valence-electron chi connectivity index (χ2n) is 3.72. The standard InChI is InChI=1S/C11H15N3O/c1-8-6-11(13-14(8)3)12-9(2)10-4-5-15-7-10/h4-7,9H,1-3H3,(H,12,13). The first-order chi connectivity index (χ1) is 7.16. The molecule has 0 fully saturated rings. The number of nitrogens with zero attached hydrogens (tertiary/aromatic N) is 2. The zero-order valence-corrected chi connectivity index (χ0v) is 9.19. The summed E-state index contributed by atoms with van der Waals surface area (Å²) in [4.78, 5) is 0. The maximum Gasteiger partial charge on any atom is 0.148 e. The van der Waals surface area contributed by atoms with Crippen molar-refractivity contribution in [3.05, 3.63) is 35.9 Å². The van der Waals surface area contributed by atoms with E-state index in [1.807, 2.05) is 30.8 Å². The van der Waals surface area contributed by atoms with Crippen molar-refractivity contribution >= 4 is 5.82 Å². The van der Waals surface area contributed by atoms with Gasteiger partial charge in [-0.3, -0.25) is 4.68 Å². The predicted molar refractivity (Wildman–Crippen MR) is 58.7 cm³/mol. The topological polar surface area (TPSA) is 43.0 Å². The molecule has 80 valence electrons. The van der Waals surface area contributed by atoms with Crippen molar-refractivity contribution in [2.24, 2.45) is 7.05 Å². The van der Waals surface area contributed by atoms with Crippen LogP contribution in [0.5, 0.6) is 0 Å². The Bertz CT molecular complexity index is 411. The molecule has 4 nitrogen and oxygen atoms in total. The fourth-order valence-electron chi connectivity index (χ4n) is 1.46. The van der Waals surface area contributed by atoms with Gasteiger partial charge in [0.1, 0.15) is 5.82 Å². The zero-order valence-electron chi connectivity index (χ0n) is 9.19. The van der Waals surface area contributed by atoms with Crippen LogP contribution in [0.4, 0.5) is 5.82 Å². The van der Waals surface area contributed by atoms with E-state index in [9.17, 15) is 0 Å². The Balaban J connectivity index is 2.09. The minimum atomic E-state index is 0.207. The number of hydrogen-bond acceptors (Lipinski definition) is 3. The molecule has 0 amide bonds. The SMILES string of the molecule is Cc1cc(NC(C)c2ccoc2)nn1C. The van der Waals surface area contributed by atoms with E-state index in [1.165, 1.54) is 0 Å². The smallest absolute Gasteiger partial charge is 0.148 e. The lowest BCUT2D eigenvalue weighted by atomic mass is 10.2. The number of rotatable bonds is 3. The van der Waals surface area contributed by atoms with Crippen molar-refractivity contribution in [2.75, 3.05) is 5.32 Å². The van der Waals surface area contributed by atoms with E-state index >= 15 is 0 Å². The molecule has 0 aliphatic carbocycles. The highest BCUT2D eigenvalue weighted by atomic mass is 16.3. The normalized spacial score (nSPS) is 12.7. The van der Waals surface area contributed by atoms with Gasteiger partial charge in [-0.2, -0.15) is 5.10 Å². The molecular formula is C11H15N3O. The van der Waals surface area contributed by atoms with Crippen molar-refractivity contribution in [1.29, 1.82) is 0 Å². The number of aromatic nitrogens is 2. The summed E-state index contributed by atoms with van der Waals surface area (Å²) >= 11 is 0. The molecule has 0 aromatic carbocycles. The van der Waals surface area contributed by atoms with Gasteiger partial charge < -0.3 is 9.73 Å². The summed E-state index contributed by atoms with van der Waals surface area (Å²) in [5, 5.41) is 7.65. The molecule has 1 atom stereocenters. The highest BCUT2D eigenvalue weighted by Gasteiger charge is 2.08. The molecule has 0 aliphatic rings. The molecule has 0 aliphatic heterocycles. The molecule has 0 saturated heterocycles. The van der Waals surface area contributed by atoms with Crippen LogP contribution in [0.25, 0.3) is 0 Å². The molecule has 0 spiro atoms. The molecule has 2 heterocycles. The van der Waals surface area contributed by atoms with E-state index in [4.69, 9.17) is 4.42 Å². The fourth-order valence-corrected chi connectivity index (χ4v) is 1.46. The third-order valence-corrected chi connectivity index (χ3v) is 2.52. The number of aryl methyl sites for hydroxylation is 2. The summed E-state index contributed by atoms with van der Waals surface area (Å²) in [5.41, 5.74) is 2.26. The Morgan fingerprint density at radius 3 is 2.87 bits per heavy atom. The van der Waals surface area contributed by atoms with Crippen molar-refractivity contribution in [1.82, 2.24) is 9.78 Å². The Morgan fingerprint density at radius 1 is 1.53 bits per heavy atom. The summed E-state index contributed by atoms with van der Waals surface area (Å²) in [6, 6.07) is 4.18. The van der Waals surface area contributed by atoms with Crippen LogP contribution in [-0.4, -0.2) is 9.78 Å². The maximum atomic E-state index is 5.04. The van der Waals surface area contributed by atoms with Gasteiger partial charge in [-0.25, -0.2) is 0 Å². The molecule has 2 aromatic rings. The Hall–Kier alpha value is -1.71. The minimum Gasteiger partial charge on any atom is -0.472 e. The van der Waals surface area contributed by atoms with E-state index < -0.39 is 0 Å². The summed E-state index contributed by atoms with van der Waals surface area (Å²) in [7, 11) is 1.93. The van der Waals surface area contributed by atoms with Crippen LogP contribution in [0.1, 0.15) is 24.2 Å². The first-order valence-corrected chi connectivity index (χ1v) is 4.96. The minimum absolute atomic E-state index is 0.207. The fraction of sp³-hybridized carbons (Fsp3) is 0.364. The third-order valence-electron chi connectivity index (χ3n) is 2.52. The molecule has 2 aromatic heterocycles. The molecule has 0 saturated carbocycles. The van der Waals surface area contributed by atoms with Gasteiger partial charge >= 0.3 is 0 Å². The summed E-state index contributed by atoms with van der Waals surface area (Å²) in [6.45, 7) is 4.11. The predicted octanol–water partition coefficient (Wildman–Crippen LogP) is 2.49. The third kappa shape index (κ3) is 2.03. The van der Waals surface area contributed by atoms with Crippen molar-refractivity contribution < 1.29 is 4.42 Å². The Kier molecular flexibility index (Phi) is 2.49. The summed E-state index contributed by atoms with van der Waals surface area (Å²) in [6.07, 6.45) is 3.42. The second-order valence-corrected chi connectivity index (χ2v) is 3.72. The van der Waals surface area contributed by atoms with Crippen LogP contribution in [0.15, 0.2) is 29.1 Å². The van der Waals surface area contributed by atoms with Gasteiger partial charge in [0.05, 0.1) is 18.6 Å². The van der Waals surface area contributed by atoms with Crippen LogP contribution in [0.3, 0.4) is 0 Å². The lowest BCUT2D eigenvalue weighted by molar-refractivity contribution is 0.562. The molecule has 1 N–H and O–H groups in total. The van der Waals surface area contributed by atoms with Gasteiger partial charge in [-0.15, -0.1) is 0 Å². The van der Waals surface area contributed by atoms with Crippen LogP contribution >= 0.6 is 0 Å². The highest BCUT2D eigenvalue weighted by Crippen LogP contribution is 2.18. The van der Waals surface area contributed by atoms with Crippen molar-refractivity contribution in [3.63, 3.8) is 0 Å². The average Bonchev–Trinajstić information content (AvgIpc) is 2.77. The van der Waals surface area contributed by atoms with E-state index in [0.717, 1.165) is 17.1 Å². The van der Waals surface area contributed by atoms with E-state index in [2.05, 4.69) is 17.3 Å². The monoisotopic (exact) mass is 205 g/mol. The zero-order chi connectivity index (χ0) is 10.8.